The van der Waals surface area contributed by atoms with Crippen molar-refractivity contribution in [2.75, 3.05) is 26.2 Å². The van der Waals surface area contributed by atoms with Crippen molar-refractivity contribution in [2.45, 2.75) is 25.3 Å². The second-order valence-electron chi connectivity index (χ2n) is 6.88. The van der Waals surface area contributed by atoms with E-state index in [-0.39, 0.29) is 11.8 Å². The van der Waals surface area contributed by atoms with Gasteiger partial charge in [0.05, 0.1) is 6.07 Å². The predicted octanol–water partition coefficient (Wildman–Crippen LogP) is 3.84. The zero-order valence-electron chi connectivity index (χ0n) is 15.4. The molecule has 1 aliphatic rings. The van der Waals surface area contributed by atoms with Gasteiger partial charge in [-0.1, -0.05) is 42.5 Å². The van der Waals surface area contributed by atoms with Gasteiger partial charge >= 0.3 is 6.18 Å². The number of rotatable bonds is 6. The molecule has 1 unspecified atom stereocenters. The summed E-state index contributed by atoms with van der Waals surface area (Å²) >= 11 is 0. The van der Waals surface area contributed by atoms with E-state index >= 15 is 0 Å². The van der Waals surface area contributed by atoms with Crippen molar-refractivity contribution in [3.8, 4) is 11.8 Å². The third-order valence-corrected chi connectivity index (χ3v) is 4.68. The molecular weight excluding hydrogens is 367 g/mol. The Morgan fingerprint density at radius 1 is 0.964 bits per heavy atom. The summed E-state index contributed by atoms with van der Waals surface area (Å²) in [5, 5.41) is 9.56. The molecule has 28 heavy (non-hydrogen) atoms. The number of piperazine rings is 1. The molecule has 1 saturated heterocycles. The molecule has 0 radical (unpaired) electrons. The van der Waals surface area contributed by atoms with Crippen LogP contribution in [0.2, 0.25) is 0 Å². The molecular formula is C21H22F3N3O. The van der Waals surface area contributed by atoms with Gasteiger partial charge in [0.25, 0.3) is 0 Å². The Morgan fingerprint density at radius 2 is 1.64 bits per heavy atom. The fourth-order valence-electron chi connectivity index (χ4n) is 3.26. The quantitative estimate of drug-likeness (QED) is 0.753. The molecule has 0 saturated carbocycles. The van der Waals surface area contributed by atoms with E-state index in [1.54, 1.807) is 24.3 Å². The number of hydrogen-bond acceptors (Lipinski definition) is 4. The summed E-state index contributed by atoms with van der Waals surface area (Å²) in [5.74, 6) is 0.198. The summed E-state index contributed by atoms with van der Waals surface area (Å²) in [7, 11) is 0. The van der Waals surface area contributed by atoms with Gasteiger partial charge in [-0.15, -0.1) is 0 Å². The summed E-state index contributed by atoms with van der Waals surface area (Å²) in [4.78, 5) is 4.38. The highest BCUT2D eigenvalue weighted by atomic mass is 19.4. The maximum absolute atomic E-state index is 12.2. The Kier molecular flexibility index (Phi) is 6.55. The van der Waals surface area contributed by atoms with Crippen molar-refractivity contribution in [2.24, 2.45) is 0 Å². The molecule has 1 aliphatic heterocycles. The minimum atomic E-state index is -4.34. The minimum Gasteiger partial charge on any atom is -0.484 e. The molecule has 0 spiro atoms. The van der Waals surface area contributed by atoms with Crippen LogP contribution in [0.5, 0.6) is 5.75 Å². The second-order valence-corrected chi connectivity index (χ2v) is 6.88. The average Bonchev–Trinajstić information content (AvgIpc) is 2.69. The molecule has 148 valence electrons. The molecule has 0 aromatic heterocycles. The van der Waals surface area contributed by atoms with E-state index in [1.807, 2.05) is 18.2 Å². The lowest BCUT2D eigenvalue weighted by atomic mass is 10.1. The molecule has 0 bridgehead atoms. The van der Waals surface area contributed by atoms with Gasteiger partial charge in [-0.2, -0.15) is 18.4 Å². The molecule has 0 amide bonds. The number of benzene rings is 2. The summed E-state index contributed by atoms with van der Waals surface area (Å²) in [6.45, 7) is 2.36. The first-order valence-corrected chi connectivity index (χ1v) is 9.11. The Hall–Kier alpha value is -2.56. The fraction of sp³-hybridized carbons (Fsp3) is 0.381. The molecule has 0 aliphatic carbocycles. The smallest absolute Gasteiger partial charge is 0.422 e. The van der Waals surface area contributed by atoms with Crippen LogP contribution in [0.3, 0.4) is 0 Å². The van der Waals surface area contributed by atoms with Crippen LogP contribution in [0.4, 0.5) is 13.2 Å². The minimum absolute atomic E-state index is 0.191. The van der Waals surface area contributed by atoms with Crippen LogP contribution < -0.4 is 4.74 Å². The number of ether oxygens (including phenoxy) is 1. The molecule has 1 fully saturated rings. The van der Waals surface area contributed by atoms with Gasteiger partial charge in [-0.3, -0.25) is 9.80 Å². The highest BCUT2D eigenvalue weighted by molar-refractivity contribution is 5.27. The maximum atomic E-state index is 12.2. The Labute approximate surface area is 162 Å². The zero-order valence-corrected chi connectivity index (χ0v) is 15.4. The lowest BCUT2D eigenvalue weighted by Crippen LogP contribution is -2.51. The molecule has 7 heteroatoms. The van der Waals surface area contributed by atoms with Crippen LogP contribution in [0.1, 0.15) is 11.1 Å². The molecule has 1 heterocycles. The zero-order chi connectivity index (χ0) is 20.0. The van der Waals surface area contributed by atoms with Crippen molar-refractivity contribution in [1.29, 1.82) is 5.26 Å². The highest BCUT2D eigenvalue weighted by Crippen LogP contribution is 2.20. The summed E-state index contributed by atoms with van der Waals surface area (Å²) in [6, 6.07) is 18.9. The summed E-state index contributed by atoms with van der Waals surface area (Å²) in [6.07, 6.45) is -4.34. The summed E-state index contributed by atoms with van der Waals surface area (Å²) < 4.78 is 41.4. The lowest BCUT2D eigenvalue weighted by Gasteiger charge is -2.38. The van der Waals surface area contributed by atoms with Crippen LogP contribution in [0.15, 0.2) is 54.6 Å². The first kappa shape index (κ1) is 20.2. The van der Waals surface area contributed by atoms with Gasteiger partial charge in [0.15, 0.2) is 6.61 Å². The van der Waals surface area contributed by atoms with Gasteiger partial charge in [0.2, 0.25) is 0 Å². The highest BCUT2D eigenvalue weighted by Gasteiger charge is 2.29. The van der Waals surface area contributed by atoms with Gasteiger partial charge in [0, 0.05) is 32.7 Å². The Balaban J connectivity index is 1.52. The van der Waals surface area contributed by atoms with Gasteiger partial charge < -0.3 is 4.74 Å². The molecule has 2 aromatic rings. The summed E-state index contributed by atoms with van der Waals surface area (Å²) in [5.41, 5.74) is 2.17. The number of halogens is 3. The van der Waals surface area contributed by atoms with E-state index in [0.29, 0.717) is 13.1 Å². The monoisotopic (exact) mass is 389 g/mol. The van der Waals surface area contributed by atoms with Gasteiger partial charge in [0.1, 0.15) is 11.8 Å². The topological polar surface area (TPSA) is 39.5 Å². The first-order valence-electron chi connectivity index (χ1n) is 9.11. The largest absolute Gasteiger partial charge is 0.484 e. The van der Waals surface area contributed by atoms with E-state index in [1.165, 1.54) is 5.56 Å². The fourth-order valence-corrected chi connectivity index (χ4v) is 3.26. The maximum Gasteiger partial charge on any atom is 0.422 e. The van der Waals surface area contributed by atoms with Crippen LogP contribution in [0, 0.1) is 11.3 Å². The number of nitriles is 1. The Morgan fingerprint density at radius 3 is 2.29 bits per heavy atom. The normalized spacial score (nSPS) is 18.6. The SMILES string of the molecule is N#CC1CN(Cc2ccc(OCC(F)(F)F)cc2)CCN1Cc1ccccc1. The van der Waals surface area contributed by atoms with Crippen LogP contribution in [-0.2, 0) is 13.1 Å². The number of nitrogens with zero attached hydrogens (tertiary/aromatic N) is 3. The molecule has 3 rings (SSSR count). The van der Waals surface area contributed by atoms with Crippen LogP contribution in [0.25, 0.3) is 0 Å². The van der Waals surface area contributed by atoms with E-state index in [2.05, 4.69) is 28.0 Å². The van der Waals surface area contributed by atoms with Crippen molar-refractivity contribution >= 4 is 0 Å². The van der Waals surface area contributed by atoms with E-state index in [9.17, 15) is 18.4 Å². The second kappa shape index (κ2) is 9.09. The van der Waals surface area contributed by atoms with E-state index in [4.69, 9.17) is 4.74 Å². The van der Waals surface area contributed by atoms with Crippen molar-refractivity contribution < 1.29 is 17.9 Å². The third kappa shape index (κ3) is 5.98. The average molecular weight is 389 g/mol. The molecule has 2 aromatic carbocycles. The first-order chi connectivity index (χ1) is 13.4. The number of hydrogen-bond donors (Lipinski definition) is 0. The lowest BCUT2D eigenvalue weighted by molar-refractivity contribution is -0.153. The van der Waals surface area contributed by atoms with E-state index in [0.717, 1.165) is 25.2 Å². The number of alkyl halides is 3. The van der Waals surface area contributed by atoms with E-state index < -0.39 is 12.8 Å². The van der Waals surface area contributed by atoms with Crippen molar-refractivity contribution in [1.82, 2.24) is 9.80 Å². The van der Waals surface area contributed by atoms with Crippen LogP contribution in [-0.4, -0.2) is 48.3 Å². The molecule has 1 atom stereocenters. The molecule has 0 N–H and O–H groups in total. The van der Waals surface area contributed by atoms with Crippen molar-refractivity contribution in [3.63, 3.8) is 0 Å². The molecule has 4 nitrogen and oxygen atoms in total. The Bertz CT molecular complexity index is 787. The van der Waals surface area contributed by atoms with Gasteiger partial charge in [-0.25, -0.2) is 0 Å². The van der Waals surface area contributed by atoms with Crippen LogP contribution >= 0.6 is 0 Å². The standard InChI is InChI=1S/C21H22F3N3O/c22-21(23,24)16-28-20-8-6-18(7-9-20)13-26-10-11-27(19(12-25)15-26)14-17-4-2-1-3-5-17/h1-9,19H,10-11,13-16H2. The third-order valence-electron chi connectivity index (χ3n) is 4.68. The van der Waals surface area contributed by atoms with Crippen molar-refractivity contribution in [3.05, 3.63) is 65.7 Å². The van der Waals surface area contributed by atoms with Gasteiger partial charge in [-0.05, 0) is 23.3 Å². The predicted molar refractivity (Wildman–Crippen MR) is 99.5 cm³/mol.